The highest BCUT2D eigenvalue weighted by Crippen LogP contribution is 2.10. The summed E-state index contributed by atoms with van der Waals surface area (Å²) in [5.74, 6) is 0. The van der Waals surface area contributed by atoms with Gasteiger partial charge in [0.15, 0.2) is 0 Å². The van der Waals surface area contributed by atoms with Gasteiger partial charge in [0.2, 0.25) is 0 Å². The van der Waals surface area contributed by atoms with Crippen molar-refractivity contribution in [2.75, 3.05) is 25.0 Å². The molecule has 0 spiro atoms. The summed E-state index contributed by atoms with van der Waals surface area (Å²) in [6.45, 7) is 6.42. The molecule has 114 valence electrons. The summed E-state index contributed by atoms with van der Waals surface area (Å²) in [7, 11) is 2.15. The van der Waals surface area contributed by atoms with E-state index in [2.05, 4.69) is 77.4 Å². The predicted molar refractivity (Wildman–Crippen MR) is 90.8 cm³/mol. The SMILES string of the molecule is CCCn1cccc1CNCCCN(C)c1ccccc1. The van der Waals surface area contributed by atoms with E-state index in [0.29, 0.717) is 0 Å². The molecule has 0 bridgehead atoms. The van der Waals surface area contributed by atoms with E-state index in [1.54, 1.807) is 0 Å². The van der Waals surface area contributed by atoms with Gasteiger partial charge in [0.1, 0.15) is 0 Å². The molecule has 1 aromatic carbocycles. The van der Waals surface area contributed by atoms with E-state index < -0.39 is 0 Å². The Kier molecular flexibility index (Phi) is 6.35. The summed E-state index contributed by atoms with van der Waals surface area (Å²) in [5, 5.41) is 3.55. The first-order chi connectivity index (χ1) is 10.3. The quantitative estimate of drug-likeness (QED) is 0.711. The third-order valence-electron chi connectivity index (χ3n) is 3.74. The summed E-state index contributed by atoms with van der Waals surface area (Å²) in [4.78, 5) is 2.31. The van der Waals surface area contributed by atoms with Crippen LogP contribution in [0.2, 0.25) is 0 Å². The monoisotopic (exact) mass is 285 g/mol. The Morgan fingerprint density at radius 1 is 1.10 bits per heavy atom. The van der Waals surface area contributed by atoms with Gasteiger partial charge in [0.05, 0.1) is 0 Å². The number of hydrogen-bond acceptors (Lipinski definition) is 2. The van der Waals surface area contributed by atoms with Gasteiger partial charge in [-0.1, -0.05) is 25.1 Å². The minimum absolute atomic E-state index is 0.960. The van der Waals surface area contributed by atoms with Gasteiger partial charge >= 0.3 is 0 Å². The zero-order valence-electron chi connectivity index (χ0n) is 13.3. The highest BCUT2D eigenvalue weighted by Gasteiger charge is 2.01. The number of nitrogens with zero attached hydrogens (tertiary/aromatic N) is 2. The summed E-state index contributed by atoms with van der Waals surface area (Å²) in [6.07, 6.45) is 4.51. The van der Waals surface area contributed by atoms with Crippen LogP contribution in [0.1, 0.15) is 25.5 Å². The Hall–Kier alpha value is -1.74. The van der Waals surface area contributed by atoms with E-state index in [-0.39, 0.29) is 0 Å². The standard InChI is InChI=1S/C18H27N3/c1-3-13-21-15-7-11-18(21)16-19-12-8-14-20(2)17-9-5-4-6-10-17/h4-7,9-11,15,19H,3,8,12-14,16H2,1-2H3. The van der Waals surface area contributed by atoms with Crippen LogP contribution in [-0.2, 0) is 13.1 Å². The molecular formula is C18H27N3. The Labute approximate surface area is 128 Å². The van der Waals surface area contributed by atoms with Crippen molar-refractivity contribution in [3.05, 3.63) is 54.4 Å². The zero-order valence-corrected chi connectivity index (χ0v) is 13.3. The number of nitrogens with one attached hydrogen (secondary N) is 1. The van der Waals surface area contributed by atoms with E-state index in [4.69, 9.17) is 0 Å². The number of aromatic nitrogens is 1. The molecule has 21 heavy (non-hydrogen) atoms. The van der Waals surface area contributed by atoms with Gasteiger partial charge in [-0.2, -0.15) is 0 Å². The largest absolute Gasteiger partial charge is 0.375 e. The smallest absolute Gasteiger partial charge is 0.0363 e. The molecule has 0 saturated carbocycles. The lowest BCUT2D eigenvalue weighted by atomic mass is 10.3. The molecule has 0 saturated heterocycles. The van der Waals surface area contributed by atoms with Gasteiger partial charge < -0.3 is 14.8 Å². The fourth-order valence-corrected chi connectivity index (χ4v) is 2.54. The van der Waals surface area contributed by atoms with Gasteiger partial charge in [-0.25, -0.2) is 0 Å². The maximum absolute atomic E-state index is 3.55. The van der Waals surface area contributed by atoms with Crippen LogP contribution in [0.4, 0.5) is 5.69 Å². The van der Waals surface area contributed by atoms with Crippen molar-refractivity contribution in [2.45, 2.75) is 32.9 Å². The van der Waals surface area contributed by atoms with Gasteiger partial charge in [-0.15, -0.1) is 0 Å². The molecule has 3 nitrogen and oxygen atoms in total. The topological polar surface area (TPSA) is 20.2 Å². The lowest BCUT2D eigenvalue weighted by Gasteiger charge is -2.19. The average Bonchev–Trinajstić information content (AvgIpc) is 2.95. The minimum atomic E-state index is 0.960. The number of hydrogen-bond donors (Lipinski definition) is 1. The number of benzene rings is 1. The number of para-hydroxylation sites is 1. The number of rotatable bonds is 9. The molecule has 0 aliphatic rings. The van der Waals surface area contributed by atoms with Crippen LogP contribution in [-0.4, -0.2) is 24.7 Å². The van der Waals surface area contributed by atoms with Crippen molar-refractivity contribution in [3.63, 3.8) is 0 Å². The van der Waals surface area contributed by atoms with Crippen LogP contribution >= 0.6 is 0 Å². The van der Waals surface area contributed by atoms with Crippen molar-refractivity contribution in [1.82, 2.24) is 9.88 Å². The second kappa shape index (κ2) is 8.53. The Morgan fingerprint density at radius 3 is 2.67 bits per heavy atom. The van der Waals surface area contributed by atoms with Crippen molar-refractivity contribution in [1.29, 1.82) is 0 Å². The maximum Gasteiger partial charge on any atom is 0.0363 e. The number of aryl methyl sites for hydroxylation is 1. The second-order valence-corrected chi connectivity index (χ2v) is 5.48. The van der Waals surface area contributed by atoms with Crippen LogP contribution < -0.4 is 10.2 Å². The highest BCUT2D eigenvalue weighted by molar-refractivity contribution is 5.44. The fourth-order valence-electron chi connectivity index (χ4n) is 2.54. The Balaban J connectivity index is 1.65. The summed E-state index contributed by atoms with van der Waals surface area (Å²) < 4.78 is 2.34. The van der Waals surface area contributed by atoms with Gasteiger partial charge in [0.25, 0.3) is 0 Å². The van der Waals surface area contributed by atoms with E-state index >= 15 is 0 Å². The van der Waals surface area contributed by atoms with Crippen molar-refractivity contribution in [3.8, 4) is 0 Å². The van der Waals surface area contributed by atoms with Gasteiger partial charge in [-0.3, -0.25) is 0 Å². The van der Waals surface area contributed by atoms with Crippen LogP contribution in [0, 0.1) is 0 Å². The van der Waals surface area contributed by atoms with E-state index in [1.165, 1.54) is 17.8 Å². The molecular weight excluding hydrogens is 258 g/mol. The van der Waals surface area contributed by atoms with Gasteiger partial charge in [-0.05, 0) is 43.7 Å². The number of anilines is 1. The third kappa shape index (κ3) is 4.94. The summed E-state index contributed by atoms with van der Waals surface area (Å²) in [5.41, 5.74) is 2.67. The molecule has 0 aliphatic carbocycles. The molecule has 2 aromatic rings. The summed E-state index contributed by atoms with van der Waals surface area (Å²) in [6, 6.07) is 14.9. The molecule has 0 aliphatic heterocycles. The van der Waals surface area contributed by atoms with Crippen molar-refractivity contribution in [2.24, 2.45) is 0 Å². The Bertz CT molecular complexity index is 504. The first kappa shape index (κ1) is 15.6. The first-order valence-corrected chi connectivity index (χ1v) is 7.92. The maximum atomic E-state index is 3.55. The molecule has 2 rings (SSSR count). The fraction of sp³-hybridized carbons (Fsp3) is 0.444. The van der Waals surface area contributed by atoms with Crippen molar-refractivity contribution < 1.29 is 0 Å². The van der Waals surface area contributed by atoms with E-state index in [1.807, 2.05) is 0 Å². The normalized spacial score (nSPS) is 10.8. The van der Waals surface area contributed by atoms with Crippen LogP contribution in [0.5, 0.6) is 0 Å². The van der Waals surface area contributed by atoms with Crippen molar-refractivity contribution >= 4 is 5.69 Å². The molecule has 0 radical (unpaired) electrons. The predicted octanol–water partition coefficient (Wildman–Crippen LogP) is 3.51. The Morgan fingerprint density at radius 2 is 1.90 bits per heavy atom. The molecule has 0 fully saturated rings. The van der Waals surface area contributed by atoms with Crippen LogP contribution in [0.15, 0.2) is 48.7 Å². The molecule has 0 amide bonds. The van der Waals surface area contributed by atoms with Gasteiger partial charge in [0, 0.05) is 44.3 Å². The lowest BCUT2D eigenvalue weighted by molar-refractivity contribution is 0.590. The lowest BCUT2D eigenvalue weighted by Crippen LogP contribution is -2.24. The first-order valence-electron chi connectivity index (χ1n) is 7.92. The highest BCUT2D eigenvalue weighted by atomic mass is 15.1. The molecule has 3 heteroatoms. The van der Waals surface area contributed by atoms with Crippen LogP contribution in [0.3, 0.4) is 0 Å². The molecule has 1 aromatic heterocycles. The van der Waals surface area contributed by atoms with Crippen LogP contribution in [0.25, 0.3) is 0 Å². The average molecular weight is 285 g/mol. The third-order valence-corrected chi connectivity index (χ3v) is 3.74. The molecule has 0 unspecified atom stereocenters. The summed E-state index contributed by atoms with van der Waals surface area (Å²) >= 11 is 0. The molecule has 1 heterocycles. The van der Waals surface area contributed by atoms with E-state index in [9.17, 15) is 0 Å². The zero-order chi connectivity index (χ0) is 14.9. The van der Waals surface area contributed by atoms with E-state index in [0.717, 1.165) is 32.6 Å². The minimum Gasteiger partial charge on any atom is -0.375 e. The second-order valence-electron chi connectivity index (χ2n) is 5.48. The molecule has 0 atom stereocenters. The molecule has 1 N–H and O–H groups in total.